The van der Waals surface area contributed by atoms with Gasteiger partial charge in [-0.3, -0.25) is 29.1 Å². The maximum atomic E-state index is 12.6. The molecular formula is C42H60N4O6. The third-order valence-corrected chi connectivity index (χ3v) is 8.83. The summed E-state index contributed by atoms with van der Waals surface area (Å²) in [6.07, 6.45) is 21.2. The number of aliphatic carboxylic acids is 1. The maximum absolute atomic E-state index is 12.6. The fourth-order valence-electron chi connectivity index (χ4n) is 5.31. The molecule has 52 heavy (non-hydrogen) atoms. The molecule has 0 aliphatic carbocycles. The zero-order valence-electron chi connectivity index (χ0n) is 32.4. The molecule has 2 aromatic heterocycles. The number of amides is 1. The number of rotatable bonds is 16. The standard InChI is InChI=1S/C21H30N2O3.C16H24O3.C5H6N2/c1-5-15(2)7-6-8-16(3)13-17(4)19(14-20(24)25)21(26)23-18-9-11-22-12-10-18;1-5-11(2)7-6-8-12(3)9-13(4)14-10-15(17)19-16(14)18;6-5-1-3-7-4-2-5/h7,9-13,17,19H,5-6,8,14H2,1-4H3,(H,24,25)(H,22,23,26);7,9,13-14H,5-6,8,10H2,1-4H3;1-4H,(H2,6,7). The lowest BCUT2D eigenvalue weighted by molar-refractivity contribution is -0.153. The van der Waals surface area contributed by atoms with Crippen LogP contribution in [0, 0.1) is 23.7 Å². The van der Waals surface area contributed by atoms with Crippen LogP contribution in [0.15, 0.2) is 95.6 Å². The molecule has 3 rings (SSSR count). The van der Waals surface area contributed by atoms with Gasteiger partial charge in [0.15, 0.2) is 0 Å². The average Bonchev–Trinajstić information content (AvgIpc) is 3.45. The third kappa shape index (κ3) is 19.5. The van der Waals surface area contributed by atoms with Gasteiger partial charge in [0, 0.05) is 36.2 Å². The molecule has 3 heterocycles. The molecule has 0 spiro atoms. The first-order valence-corrected chi connectivity index (χ1v) is 18.1. The minimum Gasteiger partial charge on any atom is -0.481 e. The van der Waals surface area contributed by atoms with Crippen molar-refractivity contribution in [2.45, 2.75) is 107 Å². The van der Waals surface area contributed by atoms with Crippen molar-refractivity contribution in [1.82, 2.24) is 9.97 Å². The van der Waals surface area contributed by atoms with Gasteiger partial charge >= 0.3 is 17.9 Å². The SMILES string of the molecule is CCC(C)=CCCC(C)=CC(C)C(CC(=O)O)C(=O)Nc1ccncc1.CCC(C)=CCCC(C)=CC(C)C1CC(=O)OC1=O.Nc1ccncc1. The number of carboxylic acids is 1. The van der Waals surface area contributed by atoms with E-state index in [4.69, 9.17) is 5.73 Å². The van der Waals surface area contributed by atoms with E-state index in [0.29, 0.717) is 5.69 Å². The topological polar surface area (TPSA) is 162 Å². The molecule has 1 amide bonds. The number of nitrogens with two attached hydrogens (primary N) is 1. The molecule has 1 aliphatic rings. The number of carbonyl (C=O) groups is 4. The Labute approximate surface area is 310 Å². The number of hydrogen-bond donors (Lipinski definition) is 3. The number of pyridine rings is 2. The second-order valence-electron chi connectivity index (χ2n) is 13.4. The summed E-state index contributed by atoms with van der Waals surface area (Å²) < 4.78 is 4.59. The number of ether oxygens (including phenoxy) is 1. The molecule has 10 heteroatoms. The predicted octanol–water partition coefficient (Wildman–Crippen LogP) is 9.29. The van der Waals surface area contributed by atoms with Gasteiger partial charge in [-0.05, 0) is 102 Å². The molecule has 4 unspecified atom stereocenters. The van der Waals surface area contributed by atoms with Crippen molar-refractivity contribution in [3.63, 3.8) is 0 Å². The van der Waals surface area contributed by atoms with Gasteiger partial charge in [-0.25, -0.2) is 0 Å². The normalized spacial score (nSPS) is 16.7. The lowest BCUT2D eigenvalue weighted by Crippen LogP contribution is -2.29. The van der Waals surface area contributed by atoms with E-state index < -0.39 is 17.9 Å². The highest BCUT2D eigenvalue weighted by Crippen LogP contribution is 2.27. The first-order valence-electron chi connectivity index (χ1n) is 18.1. The molecule has 4 N–H and O–H groups in total. The van der Waals surface area contributed by atoms with E-state index in [-0.39, 0.29) is 42.5 Å². The van der Waals surface area contributed by atoms with Crippen molar-refractivity contribution < 1.29 is 29.0 Å². The molecule has 0 bridgehead atoms. The monoisotopic (exact) mass is 716 g/mol. The highest BCUT2D eigenvalue weighted by atomic mass is 16.6. The van der Waals surface area contributed by atoms with E-state index in [2.05, 4.69) is 72.9 Å². The van der Waals surface area contributed by atoms with Gasteiger partial charge < -0.3 is 20.9 Å². The molecule has 1 fully saturated rings. The zero-order valence-corrected chi connectivity index (χ0v) is 32.4. The number of nitrogens with one attached hydrogen (secondary N) is 1. The number of anilines is 2. The Kier molecular flexibility index (Phi) is 21.8. The van der Waals surface area contributed by atoms with E-state index in [1.54, 1.807) is 49.1 Å². The quantitative estimate of drug-likeness (QED) is 0.0873. The lowest BCUT2D eigenvalue weighted by Gasteiger charge is -2.20. The summed E-state index contributed by atoms with van der Waals surface area (Å²) in [6.45, 7) is 16.5. The number of hydrogen-bond acceptors (Lipinski definition) is 8. The highest BCUT2D eigenvalue weighted by Gasteiger charge is 2.36. The molecule has 0 saturated carbocycles. The summed E-state index contributed by atoms with van der Waals surface area (Å²) in [5.41, 5.74) is 11.9. The second kappa shape index (κ2) is 25.2. The summed E-state index contributed by atoms with van der Waals surface area (Å²) in [7, 11) is 0. The van der Waals surface area contributed by atoms with Gasteiger partial charge in [0.05, 0.1) is 24.7 Å². The van der Waals surface area contributed by atoms with Crippen LogP contribution < -0.4 is 11.1 Å². The Bertz CT molecular complexity index is 1530. The Morgan fingerprint density at radius 2 is 1.37 bits per heavy atom. The molecule has 2 aromatic rings. The summed E-state index contributed by atoms with van der Waals surface area (Å²) in [4.78, 5) is 54.0. The molecule has 4 atom stereocenters. The van der Waals surface area contributed by atoms with Gasteiger partial charge in [-0.1, -0.05) is 74.3 Å². The fourth-order valence-corrected chi connectivity index (χ4v) is 5.31. The number of allylic oxidation sites excluding steroid dienone is 8. The minimum absolute atomic E-state index is 0.0650. The molecular weight excluding hydrogens is 656 g/mol. The van der Waals surface area contributed by atoms with Crippen molar-refractivity contribution in [3.05, 3.63) is 95.6 Å². The summed E-state index contributed by atoms with van der Waals surface area (Å²) in [6, 6.07) is 6.87. The van der Waals surface area contributed by atoms with Gasteiger partial charge in [-0.15, -0.1) is 0 Å². The molecule has 10 nitrogen and oxygen atoms in total. The Morgan fingerprint density at radius 3 is 1.79 bits per heavy atom. The molecule has 0 radical (unpaired) electrons. The van der Waals surface area contributed by atoms with Crippen molar-refractivity contribution >= 4 is 35.2 Å². The Morgan fingerprint density at radius 1 is 0.865 bits per heavy atom. The largest absolute Gasteiger partial charge is 0.481 e. The van der Waals surface area contributed by atoms with Crippen LogP contribution in [0.1, 0.15) is 107 Å². The van der Waals surface area contributed by atoms with Crippen LogP contribution >= 0.6 is 0 Å². The van der Waals surface area contributed by atoms with Crippen LogP contribution in [-0.4, -0.2) is 38.9 Å². The van der Waals surface area contributed by atoms with E-state index in [1.807, 2.05) is 26.8 Å². The molecule has 1 aliphatic heterocycles. The van der Waals surface area contributed by atoms with E-state index in [1.165, 1.54) is 22.3 Å². The minimum atomic E-state index is -0.973. The van der Waals surface area contributed by atoms with Gasteiger partial charge in [-0.2, -0.15) is 0 Å². The van der Waals surface area contributed by atoms with Gasteiger partial charge in [0.2, 0.25) is 5.91 Å². The van der Waals surface area contributed by atoms with E-state index in [0.717, 1.165) is 44.2 Å². The summed E-state index contributed by atoms with van der Waals surface area (Å²) in [5.74, 6) is -3.04. The van der Waals surface area contributed by atoms with Crippen LogP contribution in [0.25, 0.3) is 0 Å². The van der Waals surface area contributed by atoms with Crippen molar-refractivity contribution in [1.29, 1.82) is 0 Å². The molecule has 1 saturated heterocycles. The number of carboxylic acid groups (broad SMARTS) is 1. The van der Waals surface area contributed by atoms with Crippen molar-refractivity contribution in [2.24, 2.45) is 23.7 Å². The van der Waals surface area contributed by atoms with Crippen LogP contribution in [0.2, 0.25) is 0 Å². The summed E-state index contributed by atoms with van der Waals surface area (Å²) in [5, 5.41) is 12.0. The number of cyclic esters (lactones) is 2. The number of carbonyl (C=O) groups excluding carboxylic acids is 3. The number of nitrogens with zero attached hydrogens (tertiary/aromatic N) is 2. The van der Waals surface area contributed by atoms with Crippen LogP contribution in [-0.2, 0) is 23.9 Å². The number of nitrogen functional groups attached to an aromatic ring is 1. The Balaban J connectivity index is 0.000000450. The predicted molar refractivity (Wildman–Crippen MR) is 209 cm³/mol. The molecule has 284 valence electrons. The number of esters is 2. The van der Waals surface area contributed by atoms with Gasteiger partial charge in [0.25, 0.3) is 0 Å². The Hall–Kier alpha value is -4.86. The zero-order chi connectivity index (χ0) is 39.1. The van der Waals surface area contributed by atoms with Gasteiger partial charge in [0.1, 0.15) is 0 Å². The summed E-state index contributed by atoms with van der Waals surface area (Å²) >= 11 is 0. The fraction of sp³-hybridized carbons (Fsp3) is 0.476. The average molecular weight is 717 g/mol. The van der Waals surface area contributed by atoms with Crippen molar-refractivity contribution in [3.8, 4) is 0 Å². The first kappa shape index (κ1) is 45.2. The van der Waals surface area contributed by atoms with Crippen LogP contribution in [0.3, 0.4) is 0 Å². The van der Waals surface area contributed by atoms with Crippen LogP contribution in [0.4, 0.5) is 11.4 Å². The van der Waals surface area contributed by atoms with E-state index in [9.17, 15) is 24.3 Å². The van der Waals surface area contributed by atoms with Crippen LogP contribution in [0.5, 0.6) is 0 Å². The smallest absolute Gasteiger partial charge is 0.317 e. The molecule has 0 aromatic carbocycles. The van der Waals surface area contributed by atoms with E-state index >= 15 is 0 Å². The lowest BCUT2D eigenvalue weighted by atomic mass is 9.88. The number of aromatic nitrogens is 2. The first-order chi connectivity index (χ1) is 24.7. The third-order valence-electron chi connectivity index (χ3n) is 8.83. The second-order valence-corrected chi connectivity index (χ2v) is 13.4. The van der Waals surface area contributed by atoms with Crippen molar-refractivity contribution in [2.75, 3.05) is 11.1 Å². The highest BCUT2D eigenvalue weighted by molar-refractivity contribution is 5.95. The maximum Gasteiger partial charge on any atom is 0.317 e.